The molecule has 1 aliphatic rings. The molecule has 1 aliphatic heterocycles. The standard InChI is InChI=1S/C11H24O2Si/c1-7-9-10(13-9)8-12-14(5,6)11(2,3)4/h9-10H,7-8H2,1-6H3/t9-,10+/m0/s1. The zero-order valence-corrected chi connectivity index (χ0v) is 11.4. The highest BCUT2D eigenvalue weighted by Crippen LogP contribution is 2.37. The summed E-state index contributed by atoms with van der Waals surface area (Å²) in [7, 11) is -1.55. The van der Waals surface area contributed by atoms with E-state index in [1.165, 1.54) is 0 Å². The van der Waals surface area contributed by atoms with Gasteiger partial charge in [-0.1, -0.05) is 27.7 Å². The topological polar surface area (TPSA) is 21.8 Å². The minimum Gasteiger partial charge on any atom is -0.414 e. The van der Waals surface area contributed by atoms with Crippen LogP contribution < -0.4 is 0 Å². The summed E-state index contributed by atoms with van der Waals surface area (Å²) in [6.45, 7) is 14.3. The molecule has 0 aromatic carbocycles. The smallest absolute Gasteiger partial charge is 0.192 e. The highest BCUT2D eigenvalue weighted by atomic mass is 28.4. The Kier molecular flexibility index (Phi) is 3.44. The van der Waals surface area contributed by atoms with E-state index in [-0.39, 0.29) is 0 Å². The van der Waals surface area contributed by atoms with Gasteiger partial charge in [0, 0.05) is 0 Å². The van der Waals surface area contributed by atoms with E-state index < -0.39 is 8.32 Å². The number of hydrogen-bond donors (Lipinski definition) is 0. The van der Waals surface area contributed by atoms with E-state index in [1.807, 2.05) is 0 Å². The molecule has 0 bridgehead atoms. The molecule has 0 saturated carbocycles. The maximum absolute atomic E-state index is 6.06. The summed E-state index contributed by atoms with van der Waals surface area (Å²) in [4.78, 5) is 0. The van der Waals surface area contributed by atoms with Gasteiger partial charge in [-0.15, -0.1) is 0 Å². The highest BCUT2D eigenvalue weighted by Gasteiger charge is 2.42. The van der Waals surface area contributed by atoms with E-state index in [1.54, 1.807) is 0 Å². The Bertz CT molecular complexity index is 196. The van der Waals surface area contributed by atoms with E-state index in [0.29, 0.717) is 17.2 Å². The molecule has 0 radical (unpaired) electrons. The molecule has 1 saturated heterocycles. The molecule has 0 unspecified atom stereocenters. The summed E-state index contributed by atoms with van der Waals surface area (Å²) in [5, 5.41) is 0.309. The van der Waals surface area contributed by atoms with Gasteiger partial charge >= 0.3 is 0 Å². The molecule has 0 amide bonds. The van der Waals surface area contributed by atoms with Gasteiger partial charge in [-0.3, -0.25) is 0 Å². The van der Waals surface area contributed by atoms with Crippen LogP contribution in [0.1, 0.15) is 34.1 Å². The Labute approximate surface area is 89.1 Å². The molecule has 2 atom stereocenters. The van der Waals surface area contributed by atoms with E-state index in [9.17, 15) is 0 Å². The predicted octanol–water partition coefficient (Wildman–Crippen LogP) is 3.19. The minimum absolute atomic E-state index is 0.309. The Morgan fingerprint density at radius 3 is 2.14 bits per heavy atom. The maximum atomic E-state index is 6.06. The van der Waals surface area contributed by atoms with Crippen molar-refractivity contribution in [2.45, 2.75) is 64.5 Å². The zero-order chi connectivity index (χ0) is 11.0. The van der Waals surface area contributed by atoms with Crippen molar-refractivity contribution in [2.75, 3.05) is 6.61 Å². The Morgan fingerprint density at radius 2 is 1.79 bits per heavy atom. The van der Waals surface area contributed by atoms with Gasteiger partial charge in [-0.05, 0) is 24.6 Å². The molecule has 0 N–H and O–H groups in total. The maximum Gasteiger partial charge on any atom is 0.192 e. The van der Waals surface area contributed by atoms with Gasteiger partial charge in [0.2, 0.25) is 0 Å². The first-order valence-corrected chi connectivity index (χ1v) is 8.48. The van der Waals surface area contributed by atoms with Gasteiger partial charge < -0.3 is 9.16 Å². The Morgan fingerprint density at radius 1 is 1.21 bits per heavy atom. The molecule has 3 heteroatoms. The van der Waals surface area contributed by atoms with Crippen LogP contribution in [0.5, 0.6) is 0 Å². The Balaban J connectivity index is 2.31. The predicted molar refractivity (Wildman–Crippen MR) is 62.1 cm³/mol. The van der Waals surface area contributed by atoms with E-state index in [0.717, 1.165) is 13.0 Å². The number of hydrogen-bond acceptors (Lipinski definition) is 2. The van der Waals surface area contributed by atoms with E-state index >= 15 is 0 Å². The van der Waals surface area contributed by atoms with Crippen molar-refractivity contribution in [3.05, 3.63) is 0 Å². The molecule has 1 rings (SSSR count). The van der Waals surface area contributed by atoms with Crippen molar-refractivity contribution in [1.29, 1.82) is 0 Å². The highest BCUT2D eigenvalue weighted by molar-refractivity contribution is 6.74. The molecule has 14 heavy (non-hydrogen) atoms. The lowest BCUT2D eigenvalue weighted by Gasteiger charge is -2.36. The first kappa shape index (κ1) is 12.2. The van der Waals surface area contributed by atoms with Gasteiger partial charge in [0.1, 0.15) is 6.10 Å². The lowest BCUT2D eigenvalue weighted by Crippen LogP contribution is -2.41. The second-order valence-corrected chi connectivity index (χ2v) is 10.5. The second kappa shape index (κ2) is 3.95. The van der Waals surface area contributed by atoms with Crippen LogP contribution in [0, 0.1) is 0 Å². The molecule has 0 spiro atoms. The van der Waals surface area contributed by atoms with Crippen LogP contribution >= 0.6 is 0 Å². The van der Waals surface area contributed by atoms with Crippen molar-refractivity contribution >= 4 is 8.32 Å². The third-order valence-electron chi connectivity index (χ3n) is 3.50. The quantitative estimate of drug-likeness (QED) is 0.532. The fourth-order valence-electron chi connectivity index (χ4n) is 1.19. The summed E-state index contributed by atoms with van der Waals surface area (Å²) in [6.07, 6.45) is 1.97. The summed E-state index contributed by atoms with van der Waals surface area (Å²) >= 11 is 0. The normalized spacial score (nSPS) is 27.9. The van der Waals surface area contributed by atoms with Crippen LogP contribution in [0.15, 0.2) is 0 Å². The average molecular weight is 216 g/mol. The number of epoxide rings is 1. The average Bonchev–Trinajstić information content (AvgIpc) is 2.77. The van der Waals surface area contributed by atoms with Crippen molar-refractivity contribution in [3.63, 3.8) is 0 Å². The monoisotopic (exact) mass is 216 g/mol. The van der Waals surface area contributed by atoms with Crippen molar-refractivity contribution in [2.24, 2.45) is 0 Å². The van der Waals surface area contributed by atoms with Crippen LogP contribution in [0.2, 0.25) is 18.1 Å². The number of ether oxygens (including phenoxy) is 1. The first-order valence-electron chi connectivity index (χ1n) is 5.57. The SMILES string of the molecule is CC[C@@H]1O[C@@H]1CO[Si](C)(C)C(C)(C)C. The molecule has 0 aromatic heterocycles. The van der Waals surface area contributed by atoms with Gasteiger partial charge in [0.15, 0.2) is 8.32 Å². The summed E-state index contributed by atoms with van der Waals surface area (Å²) in [5.41, 5.74) is 0. The zero-order valence-electron chi connectivity index (χ0n) is 10.4. The second-order valence-electron chi connectivity index (χ2n) is 5.69. The van der Waals surface area contributed by atoms with Gasteiger partial charge in [0.25, 0.3) is 0 Å². The molecule has 1 fully saturated rings. The molecular weight excluding hydrogens is 192 g/mol. The third-order valence-corrected chi connectivity index (χ3v) is 8.01. The largest absolute Gasteiger partial charge is 0.414 e. The lowest BCUT2D eigenvalue weighted by atomic mass is 10.2. The van der Waals surface area contributed by atoms with Crippen LogP contribution in [-0.4, -0.2) is 27.1 Å². The summed E-state index contributed by atoms with van der Waals surface area (Å²) in [5.74, 6) is 0. The van der Waals surface area contributed by atoms with Gasteiger partial charge in [-0.2, -0.15) is 0 Å². The molecular formula is C11H24O2Si. The molecule has 84 valence electrons. The minimum atomic E-state index is -1.55. The number of rotatable bonds is 4. The lowest BCUT2D eigenvalue weighted by molar-refractivity contribution is 0.241. The molecule has 2 nitrogen and oxygen atoms in total. The van der Waals surface area contributed by atoms with Gasteiger partial charge in [0.05, 0.1) is 12.7 Å². The van der Waals surface area contributed by atoms with Crippen molar-refractivity contribution in [3.8, 4) is 0 Å². The van der Waals surface area contributed by atoms with Gasteiger partial charge in [-0.25, -0.2) is 0 Å². The van der Waals surface area contributed by atoms with E-state index in [4.69, 9.17) is 9.16 Å². The molecule has 0 aliphatic carbocycles. The Hall–Kier alpha value is 0.137. The van der Waals surface area contributed by atoms with Crippen molar-refractivity contribution in [1.82, 2.24) is 0 Å². The first-order chi connectivity index (χ1) is 6.28. The van der Waals surface area contributed by atoms with Crippen LogP contribution in [0.3, 0.4) is 0 Å². The fraction of sp³-hybridized carbons (Fsp3) is 1.00. The summed E-state index contributed by atoms with van der Waals surface area (Å²) in [6, 6.07) is 0. The molecule has 1 heterocycles. The molecule has 0 aromatic rings. The summed E-state index contributed by atoms with van der Waals surface area (Å²) < 4.78 is 11.5. The third kappa shape index (κ3) is 2.81. The van der Waals surface area contributed by atoms with Crippen LogP contribution in [0.4, 0.5) is 0 Å². The van der Waals surface area contributed by atoms with Crippen molar-refractivity contribution < 1.29 is 9.16 Å². The fourth-order valence-corrected chi connectivity index (χ4v) is 2.21. The van der Waals surface area contributed by atoms with Crippen LogP contribution in [0.25, 0.3) is 0 Å². The van der Waals surface area contributed by atoms with Crippen LogP contribution in [-0.2, 0) is 9.16 Å². The van der Waals surface area contributed by atoms with E-state index in [2.05, 4.69) is 40.8 Å².